The molecule has 0 aromatic heterocycles. The van der Waals surface area contributed by atoms with Crippen molar-refractivity contribution in [2.24, 2.45) is 0 Å². The lowest BCUT2D eigenvalue weighted by Gasteiger charge is -2.31. The maximum Gasteiger partial charge on any atom is 0.253 e. The molecule has 1 amide bonds. The second-order valence-corrected chi connectivity index (χ2v) is 5.86. The second kappa shape index (κ2) is 6.31. The lowest BCUT2D eigenvalue weighted by Crippen LogP contribution is -2.46. The Labute approximate surface area is 127 Å². The first-order chi connectivity index (χ1) is 9.00. The molecule has 0 radical (unpaired) electrons. The van der Waals surface area contributed by atoms with Gasteiger partial charge in [-0.2, -0.15) is 0 Å². The van der Waals surface area contributed by atoms with Gasteiger partial charge in [-0.15, -0.1) is 0 Å². The average Bonchev–Trinajstić information content (AvgIpc) is 2.43. The number of nitrogens with one attached hydrogen (secondary N) is 1. The first-order valence-electron chi connectivity index (χ1n) is 6.13. The lowest BCUT2D eigenvalue weighted by atomic mass is 10.1. The Morgan fingerprint density at radius 1 is 1.32 bits per heavy atom. The molecule has 1 N–H and O–H groups in total. The fourth-order valence-corrected chi connectivity index (χ4v) is 2.81. The summed E-state index contributed by atoms with van der Waals surface area (Å²) in [6.07, 6.45) is 2.08. The molecule has 1 aliphatic rings. The Kier molecular flexibility index (Phi) is 4.96. The minimum Gasteiger partial charge on any atom is -0.337 e. The third-order valence-corrected chi connectivity index (χ3v) is 4.57. The van der Waals surface area contributed by atoms with Gasteiger partial charge in [-0.1, -0.05) is 34.8 Å². The molecule has 0 bridgehead atoms. The van der Waals surface area contributed by atoms with Gasteiger partial charge in [0.25, 0.3) is 5.91 Å². The fourth-order valence-electron chi connectivity index (χ4n) is 2.21. The highest BCUT2D eigenvalue weighted by Crippen LogP contribution is 2.31. The van der Waals surface area contributed by atoms with E-state index >= 15 is 0 Å². The third kappa shape index (κ3) is 3.34. The van der Waals surface area contributed by atoms with E-state index in [4.69, 9.17) is 34.8 Å². The van der Waals surface area contributed by atoms with Gasteiger partial charge in [0.05, 0.1) is 15.1 Å². The quantitative estimate of drug-likeness (QED) is 0.846. The molecule has 1 aliphatic heterocycles. The normalized spacial score (nSPS) is 19.3. The van der Waals surface area contributed by atoms with Crippen molar-refractivity contribution in [3.8, 4) is 0 Å². The first-order valence-corrected chi connectivity index (χ1v) is 7.26. The van der Waals surface area contributed by atoms with Crippen LogP contribution in [0.3, 0.4) is 0 Å². The number of amides is 1. The van der Waals surface area contributed by atoms with Crippen LogP contribution in [0, 0.1) is 0 Å². The van der Waals surface area contributed by atoms with Crippen LogP contribution in [-0.2, 0) is 0 Å². The standard InChI is InChI=1S/C13H15Cl3N2O/c1-18(9-3-2-4-17-7-9)13(19)8-5-10(14)12(16)11(15)6-8/h5-6,9,17H,2-4,7H2,1H3. The number of rotatable bonds is 2. The maximum atomic E-state index is 12.4. The van der Waals surface area contributed by atoms with Crippen LogP contribution in [-0.4, -0.2) is 37.0 Å². The first kappa shape index (κ1) is 14.9. The van der Waals surface area contributed by atoms with Gasteiger partial charge in [0.2, 0.25) is 0 Å². The average molecular weight is 322 g/mol. The number of piperidine rings is 1. The van der Waals surface area contributed by atoms with Crippen LogP contribution in [0.5, 0.6) is 0 Å². The number of hydrogen-bond acceptors (Lipinski definition) is 2. The Bertz CT molecular complexity index is 464. The SMILES string of the molecule is CN(C(=O)c1cc(Cl)c(Cl)c(Cl)c1)C1CCCNC1. The summed E-state index contributed by atoms with van der Waals surface area (Å²) < 4.78 is 0. The summed E-state index contributed by atoms with van der Waals surface area (Å²) in [4.78, 5) is 14.1. The van der Waals surface area contributed by atoms with E-state index in [-0.39, 0.29) is 17.0 Å². The molecule has 1 atom stereocenters. The molecule has 1 fully saturated rings. The highest BCUT2D eigenvalue weighted by molar-refractivity contribution is 6.48. The molecule has 0 spiro atoms. The van der Waals surface area contributed by atoms with Gasteiger partial charge in [0, 0.05) is 25.2 Å². The van der Waals surface area contributed by atoms with Crippen LogP contribution in [0.2, 0.25) is 15.1 Å². The van der Waals surface area contributed by atoms with E-state index in [0.29, 0.717) is 15.6 Å². The molecule has 0 aliphatic carbocycles. The molecule has 0 saturated carbocycles. The minimum atomic E-state index is -0.0887. The molecule has 1 aromatic rings. The summed E-state index contributed by atoms with van der Waals surface area (Å²) in [6.45, 7) is 1.83. The zero-order valence-corrected chi connectivity index (χ0v) is 12.8. The van der Waals surface area contributed by atoms with Crippen molar-refractivity contribution in [3.05, 3.63) is 32.8 Å². The van der Waals surface area contributed by atoms with Crippen molar-refractivity contribution in [3.63, 3.8) is 0 Å². The monoisotopic (exact) mass is 320 g/mol. The summed E-state index contributed by atoms with van der Waals surface area (Å²) in [5, 5.41) is 4.16. The molecule has 3 nitrogen and oxygen atoms in total. The number of likely N-dealkylation sites (N-methyl/N-ethyl adjacent to an activating group) is 1. The Hall–Kier alpha value is -0.480. The smallest absolute Gasteiger partial charge is 0.253 e. The summed E-state index contributed by atoms with van der Waals surface area (Å²) >= 11 is 17.8. The zero-order chi connectivity index (χ0) is 14.0. The van der Waals surface area contributed by atoms with Gasteiger partial charge >= 0.3 is 0 Å². The summed E-state index contributed by atoms with van der Waals surface area (Å²) in [6, 6.07) is 3.32. The molecule has 6 heteroatoms. The lowest BCUT2D eigenvalue weighted by molar-refractivity contribution is 0.0708. The van der Waals surface area contributed by atoms with Crippen molar-refractivity contribution < 1.29 is 4.79 Å². The largest absolute Gasteiger partial charge is 0.337 e. The highest BCUT2D eigenvalue weighted by Gasteiger charge is 2.23. The maximum absolute atomic E-state index is 12.4. The Morgan fingerprint density at radius 2 is 1.95 bits per heavy atom. The van der Waals surface area contributed by atoms with E-state index in [9.17, 15) is 4.79 Å². The van der Waals surface area contributed by atoms with Crippen molar-refractivity contribution in [1.82, 2.24) is 10.2 Å². The zero-order valence-electron chi connectivity index (χ0n) is 10.5. The predicted molar refractivity (Wildman–Crippen MR) is 79.5 cm³/mol. The van der Waals surface area contributed by atoms with E-state index < -0.39 is 0 Å². The van der Waals surface area contributed by atoms with Crippen molar-refractivity contribution in [2.75, 3.05) is 20.1 Å². The number of hydrogen-bond donors (Lipinski definition) is 1. The highest BCUT2D eigenvalue weighted by atomic mass is 35.5. The van der Waals surface area contributed by atoms with Crippen molar-refractivity contribution >= 4 is 40.7 Å². The number of carbonyl (C=O) groups excluding carboxylic acids is 1. The van der Waals surface area contributed by atoms with Crippen LogP contribution in [0.25, 0.3) is 0 Å². The number of nitrogens with zero attached hydrogens (tertiary/aromatic N) is 1. The number of halogens is 3. The van der Waals surface area contributed by atoms with Crippen LogP contribution >= 0.6 is 34.8 Å². The van der Waals surface area contributed by atoms with Crippen molar-refractivity contribution in [2.45, 2.75) is 18.9 Å². The van der Waals surface area contributed by atoms with E-state index in [2.05, 4.69) is 5.32 Å². The third-order valence-electron chi connectivity index (χ3n) is 3.37. The van der Waals surface area contributed by atoms with Crippen LogP contribution in [0.1, 0.15) is 23.2 Å². The van der Waals surface area contributed by atoms with Gasteiger partial charge in [0.15, 0.2) is 0 Å². The summed E-state index contributed by atoms with van der Waals surface area (Å²) in [7, 11) is 1.80. The Balaban J connectivity index is 2.18. The van der Waals surface area contributed by atoms with E-state index in [1.165, 1.54) is 0 Å². The predicted octanol–water partition coefficient (Wildman–Crippen LogP) is 3.47. The Morgan fingerprint density at radius 3 is 2.47 bits per heavy atom. The van der Waals surface area contributed by atoms with Gasteiger partial charge in [-0.25, -0.2) is 0 Å². The van der Waals surface area contributed by atoms with Crippen LogP contribution in [0.15, 0.2) is 12.1 Å². The molecule has 1 unspecified atom stereocenters. The van der Waals surface area contributed by atoms with Gasteiger partial charge in [0.1, 0.15) is 0 Å². The number of carbonyl (C=O) groups is 1. The van der Waals surface area contributed by atoms with Gasteiger partial charge in [-0.3, -0.25) is 4.79 Å². The minimum absolute atomic E-state index is 0.0887. The van der Waals surface area contributed by atoms with Gasteiger partial charge < -0.3 is 10.2 Å². The molecule has 104 valence electrons. The van der Waals surface area contributed by atoms with E-state index in [0.717, 1.165) is 25.9 Å². The molecule has 19 heavy (non-hydrogen) atoms. The molecule has 1 saturated heterocycles. The molecular formula is C13H15Cl3N2O. The molecular weight excluding hydrogens is 307 g/mol. The van der Waals surface area contributed by atoms with Crippen LogP contribution < -0.4 is 5.32 Å². The number of benzene rings is 1. The second-order valence-electron chi connectivity index (χ2n) is 4.67. The fraction of sp³-hybridized carbons (Fsp3) is 0.462. The molecule has 1 heterocycles. The molecule has 1 aromatic carbocycles. The van der Waals surface area contributed by atoms with Crippen LogP contribution in [0.4, 0.5) is 0 Å². The summed E-state index contributed by atoms with van der Waals surface area (Å²) in [5.41, 5.74) is 0.465. The van der Waals surface area contributed by atoms with E-state index in [1.54, 1.807) is 24.1 Å². The van der Waals surface area contributed by atoms with E-state index in [1.807, 2.05) is 0 Å². The molecule has 2 rings (SSSR count). The van der Waals surface area contributed by atoms with Gasteiger partial charge in [-0.05, 0) is 31.5 Å². The summed E-state index contributed by atoms with van der Waals surface area (Å²) in [5.74, 6) is -0.0887. The topological polar surface area (TPSA) is 32.3 Å². The van der Waals surface area contributed by atoms with Crippen molar-refractivity contribution in [1.29, 1.82) is 0 Å².